The number of hydrogen-bond donors (Lipinski definition) is 1. The predicted molar refractivity (Wildman–Crippen MR) is 115 cm³/mol. The predicted octanol–water partition coefficient (Wildman–Crippen LogP) is 4.47. The monoisotopic (exact) mass is 396 g/mol. The minimum Gasteiger partial charge on any atom is -0.322 e. The number of carbonyl (C=O) groups excluding carboxylic acids is 1. The smallest absolute Gasteiger partial charge is 0.321 e. The fraction of sp³-hybridized carbons (Fsp3) is 0.455. The zero-order valence-electron chi connectivity index (χ0n) is 16.2. The second-order valence-electron chi connectivity index (χ2n) is 7.60. The summed E-state index contributed by atoms with van der Waals surface area (Å²) in [5, 5.41) is 3.82. The van der Waals surface area contributed by atoms with Crippen LogP contribution in [-0.4, -0.2) is 52.2 Å². The first-order valence-electron chi connectivity index (χ1n) is 10.2. The van der Waals surface area contributed by atoms with Crippen LogP contribution >= 0.6 is 11.8 Å². The minimum absolute atomic E-state index is 0.000225. The van der Waals surface area contributed by atoms with Gasteiger partial charge >= 0.3 is 6.03 Å². The van der Waals surface area contributed by atoms with Crippen molar-refractivity contribution < 1.29 is 4.79 Å². The number of amides is 2. The Bertz CT molecular complexity index is 754. The van der Waals surface area contributed by atoms with Crippen molar-refractivity contribution in [3.8, 4) is 0 Å². The van der Waals surface area contributed by atoms with Gasteiger partial charge in [0.2, 0.25) is 0 Å². The molecule has 2 aromatic rings. The number of benzene rings is 1. The number of nitrogens with zero attached hydrogens (tertiary/aromatic N) is 3. The summed E-state index contributed by atoms with van der Waals surface area (Å²) in [7, 11) is 0. The van der Waals surface area contributed by atoms with Gasteiger partial charge in [-0.15, -0.1) is 11.8 Å². The number of carbonyl (C=O) groups is 1. The number of piperazine rings is 1. The molecule has 0 spiro atoms. The van der Waals surface area contributed by atoms with Gasteiger partial charge in [-0.3, -0.25) is 9.88 Å². The summed E-state index contributed by atoms with van der Waals surface area (Å²) in [4.78, 5) is 22.2. The summed E-state index contributed by atoms with van der Waals surface area (Å²) in [6, 6.07) is 12.4. The molecule has 4 rings (SSSR count). The van der Waals surface area contributed by atoms with Crippen LogP contribution in [0.4, 0.5) is 10.5 Å². The third-order valence-electron chi connectivity index (χ3n) is 5.53. The van der Waals surface area contributed by atoms with Gasteiger partial charge < -0.3 is 10.2 Å². The van der Waals surface area contributed by atoms with Crippen molar-refractivity contribution in [3.05, 3.63) is 54.4 Å². The molecule has 0 radical (unpaired) electrons. The molecule has 0 unspecified atom stereocenters. The molecule has 6 heteroatoms. The van der Waals surface area contributed by atoms with E-state index in [0.29, 0.717) is 0 Å². The lowest BCUT2D eigenvalue weighted by molar-refractivity contribution is 0.143. The largest absolute Gasteiger partial charge is 0.322 e. The summed E-state index contributed by atoms with van der Waals surface area (Å²) in [6.07, 6.45) is 9.04. The Kier molecular flexibility index (Phi) is 6.49. The van der Waals surface area contributed by atoms with E-state index in [1.54, 1.807) is 0 Å². The van der Waals surface area contributed by atoms with Crippen molar-refractivity contribution in [2.45, 2.75) is 42.4 Å². The first-order chi connectivity index (χ1) is 13.8. The number of urea groups is 1. The Balaban J connectivity index is 1.23. The zero-order valence-corrected chi connectivity index (χ0v) is 17.0. The third-order valence-corrected chi connectivity index (χ3v) is 6.87. The Morgan fingerprint density at radius 2 is 1.68 bits per heavy atom. The van der Waals surface area contributed by atoms with Crippen molar-refractivity contribution in [2.75, 3.05) is 31.5 Å². The van der Waals surface area contributed by atoms with Gasteiger partial charge in [0.05, 0.1) is 0 Å². The number of rotatable bonds is 5. The standard InChI is InChI=1S/C22H28N4OS/c27-22(24-19-5-7-21(8-6-19)28-20-3-1-2-4-20)26-15-13-25(14-16-26)17-18-9-11-23-12-10-18/h5-12,20H,1-4,13-17H2,(H,24,27). The van der Waals surface area contributed by atoms with E-state index in [2.05, 4.69) is 27.3 Å². The summed E-state index contributed by atoms with van der Waals surface area (Å²) >= 11 is 1.98. The van der Waals surface area contributed by atoms with Crippen LogP contribution in [0.2, 0.25) is 0 Å². The quantitative estimate of drug-likeness (QED) is 0.810. The van der Waals surface area contributed by atoms with Crippen LogP contribution < -0.4 is 5.32 Å². The highest BCUT2D eigenvalue weighted by Crippen LogP contribution is 2.34. The lowest BCUT2D eigenvalue weighted by Crippen LogP contribution is -2.49. The molecule has 28 heavy (non-hydrogen) atoms. The molecule has 1 N–H and O–H groups in total. The Morgan fingerprint density at radius 1 is 1.00 bits per heavy atom. The maximum Gasteiger partial charge on any atom is 0.321 e. The van der Waals surface area contributed by atoms with E-state index in [4.69, 9.17) is 0 Å². The molecule has 1 aromatic heterocycles. The van der Waals surface area contributed by atoms with Crippen LogP contribution in [0.5, 0.6) is 0 Å². The van der Waals surface area contributed by atoms with Crippen LogP contribution in [0, 0.1) is 0 Å². The van der Waals surface area contributed by atoms with Crippen LogP contribution in [0.3, 0.4) is 0 Å². The van der Waals surface area contributed by atoms with Gasteiger partial charge in [-0.2, -0.15) is 0 Å². The lowest BCUT2D eigenvalue weighted by atomic mass is 10.2. The van der Waals surface area contributed by atoms with Gasteiger partial charge in [0.25, 0.3) is 0 Å². The highest BCUT2D eigenvalue weighted by Gasteiger charge is 2.21. The zero-order chi connectivity index (χ0) is 19.2. The molecule has 148 valence electrons. The molecule has 2 amide bonds. The Hall–Kier alpha value is -2.05. The van der Waals surface area contributed by atoms with Crippen molar-refractivity contribution in [3.63, 3.8) is 0 Å². The van der Waals surface area contributed by atoms with Crippen molar-refractivity contribution >= 4 is 23.5 Å². The SMILES string of the molecule is O=C(Nc1ccc(SC2CCCC2)cc1)N1CCN(Cc2ccncc2)CC1. The first kappa shape index (κ1) is 19.3. The molecule has 0 atom stereocenters. The first-order valence-corrected chi connectivity index (χ1v) is 11.1. The number of hydrogen-bond acceptors (Lipinski definition) is 4. The highest BCUT2D eigenvalue weighted by molar-refractivity contribution is 8.00. The maximum absolute atomic E-state index is 12.6. The van der Waals surface area contributed by atoms with Crippen LogP contribution in [-0.2, 0) is 6.54 Å². The van der Waals surface area contributed by atoms with E-state index in [0.717, 1.165) is 43.7 Å². The highest BCUT2D eigenvalue weighted by atomic mass is 32.2. The van der Waals surface area contributed by atoms with Crippen LogP contribution in [0.25, 0.3) is 0 Å². The number of aromatic nitrogens is 1. The topological polar surface area (TPSA) is 48.5 Å². The van der Waals surface area contributed by atoms with E-state index in [1.165, 1.54) is 36.1 Å². The van der Waals surface area contributed by atoms with Crippen molar-refractivity contribution in [1.29, 1.82) is 0 Å². The maximum atomic E-state index is 12.6. The van der Waals surface area contributed by atoms with Crippen molar-refractivity contribution in [2.24, 2.45) is 0 Å². The molecular weight excluding hydrogens is 368 g/mol. The fourth-order valence-electron chi connectivity index (χ4n) is 3.87. The molecule has 1 saturated carbocycles. The van der Waals surface area contributed by atoms with Gasteiger partial charge in [-0.25, -0.2) is 4.79 Å². The molecule has 0 bridgehead atoms. The van der Waals surface area contributed by atoms with Gasteiger partial charge in [0.15, 0.2) is 0 Å². The molecular formula is C22H28N4OS. The lowest BCUT2D eigenvalue weighted by Gasteiger charge is -2.34. The molecule has 2 aliphatic rings. The second kappa shape index (κ2) is 9.43. The molecule has 1 aromatic carbocycles. The van der Waals surface area contributed by atoms with E-state index in [1.807, 2.05) is 53.3 Å². The van der Waals surface area contributed by atoms with Crippen LogP contribution in [0.15, 0.2) is 53.7 Å². The Morgan fingerprint density at radius 3 is 2.36 bits per heavy atom. The molecule has 2 fully saturated rings. The molecule has 1 aliphatic carbocycles. The normalized spacial score (nSPS) is 18.4. The van der Waals surface area contributed by atoms with E-state index in [9.17, 15) is 4.79 Å². The van der Waals surface area contributed by atoms with Crippen LogP contribution in [0.1, 0.15) is 31.2 Å². The van der Waals surface area contributed by atoms with E-state index < -0.39 is 0 Å². The molecule has 5 nitrogen and oxygen atoms in total. The number of pyridine rings is 1. The van der Waals surface area contributed by atoms with E-state index >= 15 is 0 Å². The minimum atomic E-state index is -0.000225. The summed E-state index contributed by atoms with van der Waals surface area (Å²) in [5.41, 5.74) is 2.14. The summed E-state index contributed by atoms with van der Waals surface area (Å²) in [5.74, 6) is 0. The third kappa shape index (κ3) is 5.26. The Labute approximate surface area is 171 Å². The molecule has 2 heterocycles. The van der Waals surface area contributed by atoms with Gasteiger partial charge in [0.1, 0.15) is 0 Å². The summed E-state index contributed by atoms with van der Waals surface area (Å²) < 4.78 is 0. The fourth-order valence-corrected chi connectivity index (χ4v) is 5.12. The molecule has 1 saturated heterocycles. The number of anilines is 1. The average molecular weight is 397 g/mol. The van der Waals surface area contributed by atoms with Gasteiger partial charge in [-0.1, -0.05) is 12.8 Å². The molecule has 1 aliphatic heterocycles. The van der Waals surface area contributed by atoms with Gasteiger partial charge in [-0.05, 0) is 54.8 Å². The number of thioether (sulfide) groups is 1. The van der Waals surface area contributed by atoms with E-state index in [-0.39, 0.29) is 6.03 Å². The summed E-state index contributed by atoms with van der Waals surface area (Å²) in [6.45, 7) is 4.22. The van der Waals surface area contributed by atoms with Crippen molar-refractivity contribution in [1.82, 2.24) is 14.8 Å². The second-order valence-corrected chi connectivity index (χ2v) is 8.97. The number of nitrogens with one attached hydrogen (secondary N) is 1. The average Bonchev–Trinajstić information content (AvgIpc) is 3.24. The van der Waals surface area contributed by atoms with Gasteiger partial charge in [0, 0.05) is 61.0 Å².